The van der Waals surface area contributed by atoms with Gasteiger partial charge in [0.15, 0.2) is 5.79 Å². The van der Waals surface area contributed by atoms with Gasteiger partial charge in [-0.1, -0.05) is 33.1 Å². The molecule has 1 heterocycles. The van der Waals surface area contributed by atoms with E-state index < -0.39 is 0 Å². The largest absolute Gasteiger partial charge is 0.353 e. The van der Waals surface area contributed by atoms with E-state index in [1.165, 1.54) is 38.5 Å². The number of hydrogen-bond acceptors (Lipinski definition) is 2. The highest BCUT2D eigenvalue weighted by Crippen LogP contribution is 2.44. The van der Waals surface area contributed by atoms with Crippen LogP contribution in [0.5, 0.6) is 0 Å². The molecule has 2 nitrogen and oxygen atoms in total. The van der Waals surface area contributed by atoms with Gasteiger partial charge in [-0.25, -0.2) is 0 Å². The molecule has 2 heteroatoms. The normalized spacial score (nSPS) is 35.6. The maximum Gasteiger partial charge on any atom is 0.171 e. The molecule has 100 valence electrons. The van der Waals surface area contributed by atoms with Crippen molar-refractivity contribution >= 4 is 0 Å². The summed E-state index contributed by atoms with van der Waals surface area (Å²) in [5.74, 6) is 1.87. The van der Waals surface area contributed by atoms with Gasteiger partial charge >= 0.3 is 0 Å². The van der Waals surface area contributed by atoms with Crippen LogP contribution in [0.3, 0.4) is 0 Å². The molecule has 2 aliphatic rings. The minimum Gasteiger partial charge on any atom is -0.353 e. The van der Waals surface area contributed by atoms with Crippen molar-refractivity contribution in [3.05, 3.63) is 0 Å². The third kappa shape index (κ3) is 3.03. The molecule has 1 aliphatic heterocycles. The van der Waals surface area contributed by atoms with E-state index in [1.807, 2.05) is 7.11 Å². The molecule has 1 aliphatic carbocycles. The number of hydrogen-bond donors (Lipinski definition) is 0. The summed E-state index contributed by atoms with van der Waals surface area (Å²) in [5.41, 5.74) is 0. The molecule has 2 atom stereocenters. The minimum absolute atomic E-state index is 0.236. The molecule has 0 amide bonds. The Morgan fingerprint density at radius 1 is 1.24 bits per heavy atom. The Morgan fingerprint density at radius 2 is 1.94 bits per heavy atom. The van der Waals surface area contributed by atoms with Crippen molar-refractivity contribution in [1.29, 1.82) is 0 Å². The summed E-state index contributed by atoms with van der Waals surface area (Å²) >= 11 is 0. The first-order chi connectivity index (χ1) is 8.16. The average Bonchev–Trinajstić information content (AvgIpc) is 2.74. The zero-order valence-electron chi connectivity index (χ0n) is 11.7. The molecule has 0 spiro atoms. The smallest absolute Gasteiger partial charge is 0.171 e. The summed E-state index contributed by atoms with van der Waals surface area (Å²) in [6.07, 6.45) is 9.09. The first kappa shape index (κ1) is 13.4. The van der Waals surface area contributed by atoms with Crippen LogP contribution in [-0.2, 0) is 9.47 Å². The molecule has 0 radical (unpaired) electrons. The fraction of sp³-hybridized carbons (Fsp3) is 1.00. The second kappa shape index (κ2) is 5.71. The van der Waals surface area contributed by atoms with Crippen molar-refractivity contribution in [3.8, 4) is 0 Å². The van der Waals surface area contributed by atoms with Crippen LogP contribution in [0.1, 0.15) is 58.8 Å². The fourth-order valence-corrected chi connectivity index (χ4v) is 3.73. The van der Waals surface area contributed by atoms with E-state index in [0.717, 1.165) is 18.9 Å². The van der Waals surface area contributed by atoms with E-state index in [0.29, 0.717) is 11.8 Å². The quantitative estimate of drug-likeness (QED) is 0.739. The lowest BCUT2D eigenvalue weighted by Gasteiger charge is -2.37. The molecular formula is C15H28O2. The molecule has 2 rings (SSSR count). The van der Waals surface area contributed by atoms with E-state index in [-0.39, 0.29) is 5.79 Å². The molecule has 1 unspecified atom stereocenters. The van der Waals surface area contributed by atoms with Crippen LogP contribution in [0.4, 0.5) is 0 Å². The van der Waals surface area contributed by atoms with Gasteiger partial charge in [0.05, 0.1) is 6.61 Å². The summed E-state index contributed by atoms with van der Waals surface area (Å²) < 4.78 is 11.9. The van der Waals surface area contributed by atoms with Gasteiger partial charge in [-0.15, -0.1) is 0 Å². The third-order valence-electron chi connectivity index (χ3n) is 4.51. The second-order valence-electron chi connectivity index (χ2n) is 6.36. The highest BCUT2D eigenvalue weighted by Gasteiger charge is 2.46. The van der Waals surface area contributed by atoms with Crippen LogP contribution < -0.4 is 0 Å². The summed E-state index contributed by atoms with van der Waals surface area (Å²) in [6.45, 7) is 5.50. The summed E-state index contributed by atoms with van der Waals surface area (Å²) in [4.78, 5) is 0. The van der Waals surface area contributed by atoms with Crippen molar-refractivity contribution in [1.82, 2.24) is 0 Å². The molecule has 0 aromatic heterocycles. The maximum atomic E-state index is 6.12. The van der Waals surface area contributed by atoms with Crippen molar-refractivity contribution in [3.63, 3.8) is 0 Å². The van der Waals surface area contributed by atoms with Crippen LogP contribution in [0, 0.1) is 17.8 Å². The van der Waals surface area contributed by atoms with Crippen molar-refractivity contribution < 1.29 is 9.47 Å². The van der Waals surface area contributed by atoms with Crippen LogP contribution in [0.15, 0.2) is 0 Å². The van der Waals surface area contributed by atoms with Gasteiger partial charge in [-0.2, -0.15) is 0 Å². The van der Waals surface area contributed by atoms with Crippen LogP contribution >= 0.6 is 0 Å². The summed E-state index contributed by atoms with van der Waals surface area (Å²) in [6, 6.07) is 0. The molecule has 1 saturated carbocycles. The van der Waals surface area contributed by atoms with Gasteiger partial charge in [0, 0.05) is 19.4 Å². The predicted molar refractivity (Wildman–Crippen MR) is 69.8 cm³/mol. The van der Waals surface area contributed by atoms with E-state index >= 15 is 0 Å². The molecule has 0 bridgehead atoms. The van der Waals surface area contributed by atoms with Crippen LogP contribution in [-0.4, -0.2) is 19.5 Å². The van der Waals surface area contributed by atoms with Gasteiger partial charge in [0.25, 0.3) is 0 Å². The number of methoxy groups -OCH3 is 1. The summed E-state index contributed by atoms with van der Waals surface area (Å²) in [7, 11) is 1.84. The average molecular weight is 240 g/mol. The predicted octanol–water partition coefficient (Wildman–Crippen LogP) is 3.99. The lowest BCUT2D eigenvalue weighted by molar-refractivity contribution is -0.232. The Balaban J connectivity index is 1.96. The van der Waals surface area contributed by atoms with Crippen molar-refractivity contribution in [2.45, 2.75) is 64.6 Å². The zero-order valence-corrected chi connectivity index (χ0v) is 11.7. The van der Waals surface area contributed by atoms with Gasteiger partial charge in [0.2, 0.25) is 0 Å². The Morgan fingerprint density at radius 3 is 2.53 bits per heavy atom. The Bertz CT molecular complexity index is 233. The highest BCUT2D eigenvalue weighted by molar-refractivity contribution is 4.89. The third-order valence-corrected chi connectivity index (χ3v) is 4.51. The van der Waals surface area contributed by atoms with Crippen LogP contribution in [0.2, 0.25) is 0 Å². The first-order valence-corrected chi connectivity index (χ1v) is 7.35. The van der Waals surface area contributed by atoms with E-state index in [1.54, 1.807) is 0 Å². The standard InChI is InChI=1S/C15H28O2/c1-12(2)9-13-10-15(16-3,17-11-13)14-7-5-4-6-8-14/h12-14H,4-11H2,1-3H3/t13?,15-/m0/s1. The molecule has 0 aromatic rings. The zero-order chi connectivity index (χ0) is 12.3. The second-order valence-corrected chi connectivity index (χ2v) is 6.36. The maximum absolute atomic E-state index is 6.12. The topological polar surface area (TPSA) is 18.5 Å². The molecule has 2 fully saturated rings. The summed E-state index contributed by atoms with van der Waals surface area (Å²) in [5, 5.41) is 0. The van der Waals surface area contributed by atoms with Crippen LogP contribution in [0.25, 0.3) is 0 Å². The van der Waals surface area contributed by atoms with Gasteiger partial charge in [-0.3, -0.25) is 0 Å². The van der Waals surface area contributed by atoms with Crippen molar-refractivity contribution in [2.75, 3.05) is 13.7 Å². The Kier molecular flexibility index (Phi) is 4.48. The monoisotopic (exact) mass is 240 g/mol. The first-order valence-electron chi connectivity index (χ1n) is 7.35. The number of ether oxygens (including phenoxy) is 2. The lowest BCUT2D eigenvalue weighted by Crippen LogP contribution is -2.40. The molecule has 17 heavy (non-hydrogen) atoms. The SMILES string of the molecule is CO[C@@]1(C2CCCCC2)CC(CC(C)C)CO1. The molecule has 0 N–H and O–H groups in total. The Labute approximate surface area is 106 Å². The molecule has 0 aromatic carbocycles. The number of rotatable bonds is 4. The van der Waals surface area contributed by atoms with E-state index in [4.69, 9.17) is 9.47 Å². The van der Waals surface area contributed by atoms with Gasteiger partial charge in [0.1, 0.15) is 0 Å². The van der Waals surface area contributed by atoms with Crippen molar-refractivity contribution in [2.24, 2.45) is 17.8 Å². The van der Waals surface area contributed by atoms with Gasteiger partial charge in [-0.05, 0) is 31.1 Å². The highest BCUT2D eigenvalue weighted by atomic mass is 16.7. The van der Waals surface area contributed by atoms with Gasteiger partial charge < -0.3 is 9.47 Å². The minimum atomic E-state index is -0.236. The van der Waals surface area contributed by atoms with E-state index in [2.05, 4.69) is 13.8 Å². The lowest BCUT2D eigenvalue weighted by atomic mass is 9.80. The Hall–Kier alpha value is -0.0800. The molecule has 1 saturated heterocycles. The van der Waals surface area contributed by atoms with E-state index in [9.17, 15) is 0 Å². The molecular weight excluding hydrogens is 212 g/mol. The fourth-order valence-electron chi connectivity index (χ4n) is 3.73.